The van der Waals surface area contributed by atoms with Gasteiger partial charge in [0.05, 0.1) is 4.88 Å². The van der Waals surface area contributed by atoms with Crippen LogP contribution in [0, 0.1) is 0 Å². The highest BCUT2D eigenvalue weighted by atomic mass is 32.2. The van der Waals surface area contributed by atoms with E-state index in [0.717, 1.165) is 36.4 Å². The molecular formula is C18H17N3O2S2. The van der Waals surface area contributed by atoms with Crippen LogP contribution in [0.2, 0.25) is 0 Å². The summed E-state index contributed by atoms with van der Waals surface area (Å²) < 4.78 is 5.77. The third-order valence-electron chi connectivity index (χ3n) is 4.10. The second-order valence-electron chi connectivity index (χ2n) is 5.79. The summed E-state index contributed by atoms with van der Waals surface area (Å²) in [5, 5.41) is 10.3. The van der Waals surface area contributed by atoms with Crippen molar-refractivity contribution in [3.8, 4) is 10.8 Å². The largest absolute Gasteiger partial charge is 0.410 e. The molecule has 3 heterocycles. The SMILES string of the molecule is O=C(C(Sc1nnc(-c2cccs2)o1)c1ccccc1)N1CCCC1. The molecule has 1 aliphatic heterocycles. The number of carbonyl (C=O) groups is 1. The van der Waals surface area contributed by atoms with Crippen LogP contribution < -0.4 is 0 Å². The van der Waals surface area contributed by atoms with Crippen molar-refractivity contribution in [2.24, 2.45) is 0 Å². The number of likely N-dealkylation sites (tertiary alicyclic amines) is 1. The molecule has 7 heteroatoms. The summed E-state index contributed by atoms with van der Waals surface area (Å²) >= 11 is 2.88. The summed E-state index contributed by atoms with van der Waals surface area (Å²) in [5.41, 5.74) is 0.959. The van der Waals surface area contributed by atoms with E-state index in [1.165, 1.54) is 11.8 Å². The minimum atomic E-state index is -0.365. The van der Waals surface area contributed by atoms with Crippen molar-refractivity contribution in [1.29, 1.82) is 0 Å². The standard InChI is InChI=1S/C18H17N3O2S2/c22-17(21-10-4-5-11-21)15(13-7-2-1-3-8-13)25-18-20-19-16(23-18)14-9-6-12-24-14/h1-3,6-9,12,15H,4-5,10-11H2. The minimum Gasteiger partial charge on any atom is -0.410 e. The molecule has 2 aromatic heterocycles. The molecule has 5 nitrogen and oxygen atoms in total. The van der Waals surface area contributed by atoms with E-state index in [1.807, 2.05) is 52.7 Å². The number of aromatic nitrogens is 2. The van der Waals surface area contributed by atoms with Crippen LogP contribution in [0.5, 0.6) is 0 Å². The van der Waals surface area contributed by atoms with Gasteiger partial charge in [0.25, 0.3) is 11.1 Å². The van der Waals surface area contributed by atoms with Gasteiger partial charge in [-0.15, -0.1) is 21.5 Å². The van der Waals surface area contributed by atoms with Crippen molar-refractivity contribution < 1.29 is 9.21 Å². The first-order valence-electron chi connectivity index (χ1n) is 8.19. The average molecular weight is 371 g/mol. The van der Waals surface area contributed by atoms with Gasteiger partial charge >= 0.3 is 0 Å². The maximum atomic E-state index is 13.0. The number of benzene rings is 1. The number of carbonyl (C=O) groups excluding carboxylic acids is 1. The van der Waals surface area contributed by atoms with Crippen molar-refractivity contribution in [3.63, 3.8) is 0 Å². The summed E-state index contributed by atoms with van der Waals surface area (Å²) in [4.78, 5) is 15.9. The number of hydrogen-bond acceptors (Lipinski definition) is 6. The van der Waals surface area contributed by atoms with E-state index in [-0.39, 0.29) is 11.2 Å². The third-order valence-corrected chi connectivity index (χ3v) is 6.04. The predicted molar refractivity (Wildman–Crippen MR) is 98.5 cm³/mol. The number of thiophene rings is 1. The summed E-state index contributed by atoms with van der Waals surface area (Å²) in [6.07, 6.45) is 2.14. The van der Waals surface area contributed by atoms with Crippen LogP contribution in [-0.4, -0.2) is 34.1 Å². The Bertz CT molecular complexity index is 827. The van der Waals surface area contributed by atoms with E-state index in [0.29, 0.717) is 11.1 Å². The maximum Gasteiger partial charge on any atom is 0.278 e. The van der Waals surface area contributed by atoms with Crippen molar-refractivity contribution in [1.82, 2.24) is 15.1 Å². The van der Waals surface area contributed by atoms with Crippen molar-refractivity contribution in [2.75, 3.05) is 13.1 Å². The molecule has 128 valence electrons. The molecule has 1 fully saturated rings. The van der Waals surface area contributed by atoms with E-state index in [2.05, 4.69) is 10.2 Å². The van der Waals surface area contributed by atoms with Gasteiger partial charge in [0.15, 0.2) is 0 Å². The van der Waals surface area contributed by atoms with Crippen molar-refractivity contribution >= 4 is 29.0 Å². The number of amides is 1. The fourth-order valence-electron chi connectivity index (χ4n) is 2.85. The normalized spacial score (nSPS) is 15.4. The van der Waals surface area contributed by atoms with Crippen LogP contribution in [0.3, 0.4) is 0 Å². The first kappa shape index (κ1) is 16.4. The van der Waals surface area contributed by atoms with Gasteiger partial charge in [0, 0.05) is 13.1 Å². The Morgan fingerprint density at radius 2 is 1.92 bits per heavy atom. The van der Waals surface area contributed by atoms with E-state index in [9.17, 15) is 4.79 Å². The van der Waals surface area contributed by atoms with Crippen LogP contribution in [0.15, 0.2) is 57.5 Å². The number of nitrogens with zero attached hydrogens (tertiary/aromatic N) is 3. The van der Waals surface area contributed by atoms with Gasteiger partial charge in [0.2, 0.25) is 5.91 Å². The van der Waals surface area contributed by atoms with E-state index in [4.69, 9.17) is 4.42 Å². The molecule has 1 saturated heterocycles. The lowest BCUT2D eigenvalue weighted by Crippen LogP contribution is -2.31. The Morgan fingerprint density at radius 3 is 2.64 bits per heavy atom. The molecule has 1 amide bonds. The molecular weight excluding hydrogens is 354 g/mol. The van der Waals surface area contributed by atoms with Crippen molar-refractivity contribution in [2.45, 2.75) is 23.3 Å². The lowest BCUT2D eigenvalue weighted by atomic mass is 10.1. The van der Waals surface area contributed by atoms with Crippen LogP contribution in [0.25, 0.3) is 10.8 Å². The molecule has 0 N–H and O–H groups in total. The van der Waals surface area contributed by atoms with E-state index in [1.54, 1.807) is 11.3 Å². The Morgan fingerprint density at radius 1 is 1.12 bits per heavy atom. The molecule has 25 heavy (non-hydrogen) atoms. The van der Waals surface area contributed by atoms with E-state index < -0.39 is 0 Å². The molecule has 1 unspecified atom stereocenters. The van der Waals surface area contributed by atoms with Crippen molar-refractivity contribution in [3.05, 3.63) is 53.4 Å². The quantitative estimate of drug-likeness (QED) is 0.628. The van der Waals surface area contributed by atoms with Crippen LogP contribution >= 0.6 is 23.1 Å². The molecule has 4 rings (SSSR count). The Balaban J connectivity index is 1.59. The molecule has 0 aliphatic carbocycles. The van der Waals surface area contributed by atoms with Gasteiger partial charge in [-0.3, -0.25) is 4.79 Å². The summed E-state index contributed by atoms with van der Waals surface area (Å²) in [5.74, 6) is 0.613. The summed E-state index contributed by atoms with van der Waals surface area (Å²) in [7, 11) is 0. The molecule has 0 saturated carbocycles. The average Bonchev–Trinajstić information content (AvgIpc) is 3.42. The van der Waals surface area contributed by atoms with Crippen LogP contribution in [-0.2, 0) is 4.79 Å². The minimum absolute atomic E-state index is 0.115. The fourth-order valence-corrected chi connectivity index (χ4v) is 4.45. The van der Waals surface area contributed by atoms with Crippen LogP contribution in [0.1, 0.15) is 23.7 Å². The Labute approximate surface area is 154 Å². The second kappa shape index (κ2) is 7.41. The summed E-state index contributed by atoms with van der Waals surface area (Å²) in [6.45, 7) is 1.65. The zero-order valence-corrected chi connectivity index (χ0v) is 15.1. The summed E-state index contributed by atoms with van der Waals surface area (Å²) in [6, 6.07) is 13.7. The lowest BCUT2D eigenvalue weighted by molar-refractivity contribution is -0.129. The van der Waals surface area contributed by atoms with Crippen LogP contribution in [0.4, 0.5) is 0 Å². The van der Waals surface area contributed by atoms with Gasteiger partial charge in [-0.05, 0) is 41.6 Å². The zero-order valence-electron chi connectivity index (χ0n) is 13.5. The van der Waals surface area contributed by atoms with Gasteiger partial charge < -0.3 is 9.32 Å². The molecule has 0 spiro atoms. The van der Waals surface area contributed by atoms with Gasteiger partial charge in [-0.2, -0.15) is 0 Å². The maximum absolute atomic E-state index is 13.0. The zero-order chi connectivity index (χ0) is 17.1. The highest BCUT2D eigenvalue weighted by Crippen LogP contribution is 2.38. The fraction of sp³-hybridized carbons (Fsp3) is 0.278. The monoisotopic (exact) mass is 371 g/mol. The number of hydrogen-bond donors (Lipinski definition) is 0. The van der Waals surface area contributed by atoms with Gasteiger partial charge in [-0.1, -0.05) is 36.4 Å². The predicted octanol–water partition coefficient (Wildman–Crippen LogP) is 4.25. The van der Waals surface area contributed by atoms with Gasteiger partial charge in [0.1, 0.15) is 5.25 Å². The molecule has 1 aromatic carbocycles. The molecule has 1 atom stereocenters. The highest BCUT2D eigenvalue weighted by Gasteiger charge is 2.30. The smallest absolute Gasteiger partial charge is 0.278 e. The first-order valence-corrected chi connectivity index (χ1v) is 9.95. The van der Waals surface area contributed by atoms with E-state index >= 15 is 0 Å². The highest BCUT2D eigenvalue weighted by molar-refractivity contribution is 8.00. The Hall–Kier alpha value is -2.12. The Kier molecular flexibility index (Phi) is 4.85. The van der Waals surface area contributed by atoms with Gasteiger partial charge in [-0.25, -0.2) is 0 Å². The molecule has 0 radical (unpaired) electrons. The first-order chi connectivity index (χ1) is 12.3. The molecule has 1 aliphatic rings. The molecule has 3 aromatic rings. The second-order valence-corrected chi connectivity index (χ2v) is 7.80. The topological polar surface area (TPSA) is 59.2 Å². The number of rotatable bonds is 5. The molecule has 0 bridgehead atoms. The third kappa shape index (κ3) is 3.62. The lowest BCUT2D eigenvalue weighted by Gasteiger charge is -2.22. The number of thioether (sulfide) groups is 1.